The van der Waals surface area contributed by atoms with E-state index >= 15 is 0 Å². The molecule has 7 heteroatoms. The molecule has 0 radical (unpaired) electrons. The summed E-state index contributed by atoms with van der Waals surface area (Å²) in [6.45, 7) is 2.28. The topological polar surface area (TPSA) is 79.5 Å². The quantitative estimate of drug-likeness (QED) is 0.447. The fourth-order valence-electron chi connectivity index (χ4n) is 2.93. The van der Waals surface area contributed by atoms with Gasteiger partial charge in [-0.15, -0.1) is 0 Å². The van der Waals surface area contributed by atoms with Gasteiger partial charge in [-0.05, 0) is 47.6 Å². The molecule has 29 heavy (non-hydrogen) atoms. The average Bonchev–Trinajstić information content (AvgIpc) is 2.73. The van der Waals surface area contributed by atoms with Crippen molar-refractivity contribution >= 4 is 39.9 Å². The first kappa shape index (κ1) is 20.3. The highest BCUT2D eigenvalue weighted by molar-refractivity contribution is 7.80. The molecule has 3 aromatic carbocycles. The summed E-state index contributed by atoms with van der Waals surface area (Å²) < 4.78 is 5.45. The number of ether oxygens (including phenoxy) is 1. The van der Waals surface area contributed by atoms with Gasteiger partial charge < -0.3 is 4.74 Å². The van der Waals surface area contributed by atoms with Crippen molar-refractivity contribution in [2.75, 3.05) is 6.61 Å². The lowest BCUT2D eigenvalue weighted by molar-refractivity contribution is -0.121. The Morgan fingerprint density at radius 2 is 1.66 bits per heavy atom. The molecule has 3 N–H and O–H groups in total. The molecule has 0 aliphatic heterocycles. The molecule has 0 aliphatic carbocycles. The number of amides is 2. The Bertz CT molecular complexity index is 1050. The number of nitrogens with one attached hydrogen (secondary N) is 3. The molecule has 2 amide bonds. The number of hydrogen-bond acceptors (Lipinski definition) is 4. The van der Waals surface area contributed by atoms with Crippen LogP contribution in [0, 0.1) is 0 Å². The van der Waals surface area contributed by atoms with E-state index in [0.29, 0.717) is 17.9 Å². The minimum Gasteiger partial charge on any atom is -0.493 e. The Morgan fingerprint density at radius 1 is 0.931 bits per heavy atom. The van der Waals surface area contributed by atoms with Crippen molar-refractivity contribution < 1.29 is 14.3 Å². The molecular weight excluding hydrogens is 386 g/mol. The maximum atomic E-state index is 12.4. The maximum absolute atomic E-state index is 12.4. The maximum Gasteiger partial charge on any atom is 0.261 e. The number of para-hydroxylation sites is 1. The van der Waals surface area contributed by atoms with Crippen molar-refractivity contribution in [1.29, 1.82) is 0 Å². The molecule has 6 nitrogen and oxygen atoms in total. The van der Waals surface area contributed by atoms with Crippen LogP contribution in [0.4, 0.5) is 0 Å². The molecule has 148 valence electrons. The fraction of sp³-hybridized carbons (Fsp3) is 0.136. The van der Waals surface area contributed by atoms with E-state index in [2.05, 4.69) is 16.2 Å². The Hall–Kier alpha value is -3.45. The predicted molar refractivity (Wildman–Crippen MR) is 117 cm³/mol. The molecule has 0 saturated heterocycles. The molecule has 0 bridgehead atoms. The average molecular weight is 407 g/mol. The Balaban J connectivity index is 1.55. The summed E-state index contributed by atoms with van der Waals surface area (Å²) in [5.74, 6) is -0.224. The Labute approximate surface area is 174 Å². The number of thiocarbonyl (C=S) groups is 1. The monoisotopic (exact) mass is 407 g/mol. The molecule has 0 spiro atoms. The van der Waals surface area contributed by atoms with Crippen molar-refractivity contribution in [2.24, 2.45) is 0 Å². The van der Waals surface area contributed by atoms with Gasteiger partial charge in [-0.1, -0.05) is 54.6 Å². The lowest BCUT2D eigenvalue weighted by Gasteiger charge is -2.13. The first-order chi connectivity index (χ1) is 14.1. The van der Waals surface area contributed by atoms with Gasteiger partial charge in [-0.3, -0.25) is 25.8 Å². The molecular formula is C22H21N3O3S. The van der Waals surface area contributed by atoms with Crippen LogP contribution in [0.1, 0.15) is 22.8 Å². The molecule has 3 rings (SSSR count). The third-order valence-electron chi connectivity index (χ3n) is 4.20. The number of benzene rings is 3. The van der Waals surface area contributed by atoms with Crippen LogP contribution in [0.25, 0.3) is 10.8 Å². The van der Waals surface area contributed by atoms with Crippen molar-refractivity contribution in [1.82, 2.24) is 16.2 Å². The van der Waals surface area contributed by atoms with E-state index < -0.39 is 5.91 Å². The van der Waals surface area contributed by atoms with Crippen molar-refractivity contribution in [3.05, 3.63) is 77.9 Å². The standard InChI is InChI=1S/C22H21N3O3S/c1-2-28-19-13-6-5-12-18(19)21(27)23-22(29)25-24-20(26)14-16-10-7-9-15-8-3-4-11-17(15)16/h3-13H,2,14H2,1H3,(H,24,26)(H2,23,25,27,29). The van der Waals surface area contributed by atoms with E-state index in [4.69, 9.17) is 17.0 Å². The fourth-order valence-corrected chi connectivity index (χ4v) is 3.07. The van der Waals surface area contributed by atoms with Crippen LogP contribution < -0.4 is 20.9 Å². The zero-order valence-corrected chi connectivity index (χ0v) is 16.7. The first-order valence-electron chi connectivity index (χ1n) is 9.17. The second kappa shape index (κ2) is 9.66. The van der Waals surface area contributed by atoms with Crippen molar-refractivity contribution in [3.63, 3.8) is 0 Å². The third-order valence-corrected chi connectivity index (χ3v) is 4.41. The van der Waals surface area contributed by atoms with Crippen LogP contribution in [-0.2, 0) is 11.2 Å². The number of hydrogen-bond donors (Lipinski definition) is 3. The largest absolute Gasteiger partial charge is 0.493 e. The number of carbonyl (C=O) groups excluding carboxylic acids is 2. The van der Waals surface area contributed by atoms with Gasteiger partial charge in [0, 0.05) is 0 Å². The van der Waals surface area contributed by atoms with Crippen molar-refractivity contribution in [3.8, 4) is 5.75 Å². The van der Waals surface area contributed by atoms with E-state index in [0.717, 1.165) is 16.3 Å². The second-order valence-electron chi connectivity index (χ2n) is 6.20. The van der Waals surface area contributed by atoms with Crippen LogP contribution in [0.3, 0.4) is 0 Å². The lowest BCUT2D eigenvalue weighted by Crippen LogP contribution is -2.48. The Kier molecular flexibility index (Phi) is 6.76. The highest BCUT2D eigenvalue weighted by Gasteiger charge is 2.14. The highest BCUT2D eigenvalue weighted by Crippen LogP contribution is 2.19. The molecule has 0 aromatic heterocycles. The molecule has 0 saturated carbocycles. The van der Waals surface area contributed by atoms with Crippen LogP contribution in [-0.4, -0.2) is 23.5 Å². The van der Waals surface area contributed by atoms with E-state index in [9.17, 15) is 9.59 Å². The summed E-state index contributed by atoms with van der Waals surface area (Å²) >= 11 is 5.10. The van der Waals surface area contributed by atoms with Gasteiger partial charge in [0.25, 0.3) is 5.91 Å². The number of rotatable bonds is 5. The van der Waals surface area contributed by atoms with Gasteiger partial charge in [0.15, 0.2) is 5.11 Å². The smallest absolute Gasteiger partial charge is 0.261 e. The number of carbonyl (C=O) groups is 2. The molecule has 0 atom stereocenters. The van der Waals surface area contributed by atoms with Gasteiger partial charge in [0.2, 0.25) is 5.91 Å². The minimum atomic E-state index is -0.421. The molecule has 0 fully saturated rings. The summed E-state index contributed by atoms with van der Waals surface area (Å²) in [4.78, 5) is 24.7. The minimum absolute atomic E-state index is 0.00688. The molecule has 0 heterocycles. The van der Waals surface area contributed by atoms with E-state index in [-0.39, 0.29) is 17.4 Å². The van der Waals surface area contributed by atoms with E-state index in [1.54, 1.807) is 24.3 Å². The summed E-state index contributed by atoms with van der Waals surface area (Å²) in [5, 5.41) is 4.62. The number of hydrazine groups is 1. The lowest BCUT2D eigenvalue weighted by atomic mass is 10.0. The van der Waals surface area contributed by atoms with E-state index in [1.807, 2.05) is 49.4 Å². The SMILES string of the molecule is CCOc1ccccc1C(=O)NC(=S)NNC(=O)Cc1cccc2ccccc12. The third kappa shape index (κ3) is 5.30. The second-order valence-corrected chi connectivity index (χ2v) is 6.61. The zero-order valence-electron chi connectivity index (χ0n) is 15.9. The number of fused-ring (bicyclic) bond motifs is 1. The van der Waals surface area contributed by atoms with Crippen LogP contribution in [0.15, 0.2) is 66.7 Å². The van der Waals surface area contributed by atoms with Crippen molar-refractivity contribution in [2.45, 2.75) is 13.3 Å². The summed E-state index contributed by atoms with van der Waals surface area (Å²) in [6.07, 6.45) is 0.179. The van der Waals surface area contributed by atoms with E-state index in [1.165, 1.54) is 0 Å². The zero-order chi connectivity index (χ0) is 20.6. The summed E-state index contributed by atoms with van der Waals surface area (Å²) in [5.41, 5.74) is 6.35. The van der Waals surface area contributed by atoms with Gasteiger partial charge in [0.1, 0.15) is 5.75 Å². The summed E-state index contributed by atoms with van der Waals surface area (Å²) in [6, 6.07) is 20.6. The highest BCUT2D eigenvalue weighted by atomic mass is 32.1. The Morgan fingerprint density at radius 3 is 2.48 bits per heavy atom. The first-order valence-corrected chi connectivity index (χ1v) is 9.58. The van der Waals surface area contributed by atoms with Gasteiger partial charge in [-0.2, -0.15) is 0 Å². The van der Waals surface area contributed by atoms with Gasteiger partial charge >= 0.3 is 0 Å². The van der Waals surface area contributed by atoms with Crippen LogP contribution in [0.5, 0.6) is 5.75 Å². The van der Waals surface area contributed by atoms with Gasteiger partial charge in [0.05, 0.1) is 18.6 Å². The van der Waals surface area contributed by atoms with Crippen LogP contribution in [0.2, 0.25) is 0 Å². The summed E-state index contributed by atoms with van der Waals surface area (Å²) in [7, 11) is 0. The molecule has 0 unspecified atom stereocenters. The molecule has 3 aromatic rings. The predicted octanol–water partition coefficient (Wildman–Crippen LogP) is 3.12. The normalized spacial score (nSPS) is 10.2. The van der Waals surface area contributed by atoms with Gasteiger partial charge in [-0.25, -0.2) is 0 Å². The van der Waals surface area contributed by atoms with Crippen LogP contribution >= 0.6 is 12.2 Å². The molecule has 0 aliphatic rings.